The lowest BCUT2D eigenvalue weighted by molar-refractivity contribution is -0.134. The number of aromatic nitrogens is 1. The monoisotopic (exact) mass is 514 g/mol. The van der Waals surface area contributed by atoms with Gasteiger partial charge in [-0.05, 0) is 37.3 Å². The van der Waals surface area contributed by atoms with E-state index in [1.165, 1.54) is 23.1 Å². The lowest BCUT2D eigenvalue weighted by atomic mass is 10.1. The number of carbonyl (C=O) groups is 2. The Morgan fingerprint density at radius 1 is 1.22 bits per heavy atom. The molecule has 0 saturated carbocycles. The van der Waals surface area contributed by atoms with Gasteiger partial charge in [0.05, 0.1) is 23.9 Å². The lowest BCUT2D eigenvalue weighted by Gasteiger charge is -2.27. The van der Waals surface area contributed by atoms with E-state index in [0.29, 0.717) is 49.3 Å². The van der Waals surface area contributed by atoms with Crippen LogP contribution in [0.1, 0.15) is 19.2 Å². The van der Waals surface area contributed by atoms with Crippen LogP contribution in [0.2, 0.25) is 5.02 Å². The van der Waals surface area contributed by atoms with Crippen LogP contribution < -0.4 is 14.5 Å². The minimum Gasteiger partial charge on any atom is -0.496 e. The van der Waals surface area contributed by atoms with E-state index in [-0.39, 0.29) is 29.8 Å². The highest BCUT2D eigenvalue weighted by Gasteiger charge is 2.26. The van der Waals surface area contributed by atoms with Crippen molar-refractivity contribution >= 4 is 34.8 Å². The molecule has 0 spiro atoms. The molecule has 190 valence electrons. The molecule has 10 heteroatoms. The topological polar surface area (TPSA) is 79.1 Å². The van der Waals surface area contributed by atoms with Crippen molar-refractivity contribution in [3.63, 3.8) is 0 Å². The van der Waals surface area contributed by atoms with Crippen molar-refractivity contribution in [3.8, 4) is 17.1 Å². The number of methoxy groups -OCH3 is 1. The normalized spacial score (nSPS) is 14.1. The van der Waals surface area contributed by atoms with Crippen LogP contribution in [-0.2, 0) is 9.59 Å². The molecule has 0 aliphatic carbocycles. The van der Waals surface area contributed by atoms with Gasteiger partial charge in [-0.15, -0.1) is 0 Å². The van der Waals surface area contributed by atoms with Crippen LogP contribution in [0.4, 0.5) is 15.8 Å². The molecule has 2 amide bonds. The number of halogens is 2. The number of anilines is 2. The smallest absolute Gasteiger partial charge is 0.246 e. The molecule has 0 atom stereocenters. The van der Waals surface area contributed by atoms with Gasteiger partial charge in [-0.1, -0.05) is 11.6 Å². The van der Waals surface area contributed by atoms with E-state index >= 15 is 0 Å². The van der Waals surface area contributed by atoms with Crippen molar-refractivity contribution in [2.45, 2.75) is 20.3 Å². The molecule has 1 aliphatic rings. The first-order valence-corrected chi connectivity index (χ1v) is 12.1. The van der Waals surface area contributed by atoms with Gasteiger partial charge in [0.25, 0.3) is 0 Å². The number of ether oxygens (including phenoxy) is 1. The van der Waals surface area contributed by atoms with E-state index in [1.807, 2.05) is 25.1 Å². The summed E-state index contributed by atoms with van der Waals surface area (Å²) in [5, 5.41) is -0.0554. The summed E-state index contributed by atoms with van der Waals surface area (Å²) in [6.45, 7) is 5.35. The van der Waals surface area contributed by atoms with Crippen molar-refractivity contribution in [2.24, 2.45) is 0 Å². The SMILES string of the molecule is CCN(C(=O)CN1CCN(c2ccc(-c3cnc(C)o3)c(OC)c2)CCC1=O)c1ccc(F)c(Cl)c1. The van der Waals surface area contributed by atoms with E-state index in [1.54, 1.807) is 25.1 Å². The van der Waals surface area contributed by atoms with Crippen molar-refractivity contribution in [3.05, 3.63) is 59.3 Å². The van der Waals surface area contributed by atoms with Crippen molar-refractivity contribution in [1.29, 1.82) is 0 Å². The summed E-state index contributed by atoms with van der Waals surface area (Å²) in [5.41, 5.74) is 2.19. The molecule has 0 unspecified atom stereocenters. The first-order chi connectivity index (χ1) is 17.3. The fraction of sp³-hybridized carbons (Fsp3) is 0.346. The molecule has 4 rings (SSSR count). The third-order valence-corrected chi connectivity index (χ3v) is 6.47. The largest absolute Gasteiger partial charge is 0.496 e. The van der Waals surface area contributed by atoms with Crippen molar-refractivity contribution in [2.75, 3.05) is 49.6 Å². The maximum atomic E-state index is 13.6. The van der Waals surface area contributed by atoms with Crippen LogP contribution in [0.3, 0.4) is 0 Å². The van der Waals surface area contributed by atoms with E-state index in [0.717, 1.165) is 11.3 Å². The summed E-state index contributed by atoms with van der Waals surface area (Å²) in [5.74, 6) is 0.931. The predicted octanol–water partition coefficient (Wildman–Crippen LogP) is 4.54. The van der Waals surface area contributed by atoms with Gasteiger partial charge in [-0.3, -0.25) is 9.59 Å². The van der Waals surface area contributed by atoms with E-state index in [9.17, 15) is 14.0 Å². The van der Waals surface area contributed by atoms with Crippen molar-refractivity contribution < 1.29 is 23.1 Å². The van der Waals surface area contributed by atoms with Gasteiger partial charge in [0.2, 0.25) is 11.8 Å². The zero-order valence-electron chi connectivity index (χ0n) is 20.5. The molecule has 8 nitrogen and oxygen atoms in total. The highest BCUT2D eigenvalue weighted by atomic mass is 35.5. The van der Waals surface area contributed by atoms with Gasteiger partial charge >= 0.3 is 0 Å². The highest BCUT2D eigenvalue weighted by molar-refractivity contribution is 6.31. The third-order valence-electron chi connectivity index (χ3n) is 6.18. The summed E-state index contributed by atoms with van der Waals surface area (Å²) in [6.07, 6.45) is 1.93. The Morgan fingerprint density at radius 3 is 2.69 bits per heavy atom. The van der Waals surface area contributed by atoms with E-state index < -0.39 is 5.82 Å². The molecular formula is C26H28ClFN4O4. The average Bonchev–Trinajstić information content (AvgIpc) is 3.22. The number of aryl methyl sites for hydroxylation is 1. The quantitative estimate of drug-likeness (QED) is 0.460. The van der Waals surface area contributed by atoms with Crippen LogP contribution in [0.25, 0.3) is 11.3 Å². The van der Waals surface area contributed by atoms with E-state index in [2.05, 4.69) is 9.88 Å². The van der Waals surface area contributed by atoms with Gasteiger partial charge in [0.15, 0.2) is 11.7 Å². The summed E-state index contributed by atoms with van der Waals surface area (Å²) in [6, 6.07) is 9.93. The molecule has 0 bridgehead atoms. The fourth-order valence-electron chi connectivity index (χ4n) is 4.26. The molecule has 3 aromatic rings. The van der Waals surface area contributed by atoms with Crippen LogP contribution in [0, 0.1) is 12.7 Å². The molecule has 0 N–H and O–H groups in total. The molecule has 1 aliphatic heterocycles. The Hall–Kier alpha value is -3.59. The molecule has 2 aromatic carbocycles. The number of amides is 2. The first-order valence-electron chi connectivity index (χ1n) is 11.7. The number of hydrogen-bond donors (Lipinski definition) is 0. The van der Waals surface area contributed by atoms with Crippen molar-refractivity contribution in [1.82, 2.24) is 9.88 Å². The van der Waals surface area contributed by atoms with Gasteiger partial charge < -0.3 is 23.9 Å². The van der Waals surface area contributed by atoms with Gasteiger partial charge in [-0.25, -0.2) is 9.37 Å². The number of likely N-dealkylation sites (N-methyl/N-ethyl adjacent to an activating group) is 1. The Bertz CT molecular complexity index is 1260. The number of nitrogens with zero attached hydrogens (tertiary/aromatic N) is 4. The maximum absolute atomic E-state index is 13.6. The third kappa shape index (κ3) is 5.46. The molecule has 2 heterocycles. The Morgan fingerprint density at radius 2 is 2.03 bits per heavy atom. The molecular weight excluding hydrogens is 487 g/mol. The maximum Gasteiger partial charge on any atom is 0.246 e. The van der Waals surface area contributed by atoms with Gasteiger partial charge in [-0.2, -0.15) is 0 Å². The summed E-state index contributed by atoms with van der Waals surface area (Å²) in [7, 11) is 1.60. The molecule has 1 fully saturated rings. The number of carbonyl (C=O) groups excluding carboxylic acids is 2. The van der Waals surface area contributed by atoms with Gasteiger partial charge in [0.1, 0.15) is 18.1 Å². The van der Waals surface area contributed by atoms with Crippen LogP contribution in [0.15, 0.2) is 47.0 Å². The summed E-state index contributed by atoms with van der Waals surface area (Å²) in [4.78, 5) is 35.2. The predicted molar refractivity (Wildman–Crippen MR) is 136 cm³/mol. The number of hydrogen-bond acceptors (Lipinski definition) is 6. The first kappa shape index (κ1) is 25.5. The molecule has 0 radical (unpaired) electrons. The Kier molecular flexibility index (Phi) is 7.79. The Labute approximate surface area is 214 Å². The zero-order chi connectivity index (χ0) is 25.8. The lowest BCUT2D eigenvalue weighted by Crippen LogP contribution is -2.43. The van der Waals surface area contributed by atoms with Crippen LogP contribution in [-0.4, -0.2) is 61.5 Å². The molecule has 1 saturated heterocycles. The fourth-order valence-corrected chi connectivity index (χ4v) is 4.44. The standard InChI is InChI=1S/C26H28ClFN4O4/c1-4-32(19-6-8-22(28)21(27)13-19)26(34)16-31-12-11-30(10-9-25(31)33)18-5-7-20(23(14-18)35-3)24-15-29-17(2)36-24/h5-8,13-15H,4,9-12,16H2,1-3H3. The second kappa shape index (κ2) is 11.0. The molecule has 1 aromatic heterocycles. The number of rotatable bonds is 7. The summed E-state index contributed by atoms with van der Waals surface area (Å²) < 4.78 is 24.8. The number of benzene rings is 2. The minimum absolute atomic E-state index is 0.0554. The van der Waals surface area contributed by atoms with Crippen LogP contribution >= 0.6 is 11.6 Å². The van der Waals surface area contributed by atoms with Crippen LogP contribution in [0.5, 0.6) is 5.75 Å². The summed E-state index contributed by atoms with van der Waals surface area (Å²) >= 11 is 5.90. The second-order valence-electron chi connectivity index (χ2n) is 8.42. The Balaban J connectivity index is 1.46. The molecule has 36 heavy (non-hydrogen) atoms. The average molecular weight is 515 g/mol. The highest BCUT2D eigenvalue weighted by Crippen LogP contribution is 2.34. The van der Waals surface area contributed by atoms with E-state index in [4.69, 9.17) is 20.8 Å². The minimum atomic E-state index is -0.549. The second-order valence-corrected chi connectivity index (χ2v) is 8.82. The van der Waals surface area contributed by atoms with Gasteiger partial charge in [0, 0.05) is 57.0 Å². The zero-order valence-corrected chi connectivity index (χ0v) is 21.2. The number of oxazole rings is 1.